The van der Waals surface area contributed by atoms with Crippen LogP contribution in [0.15, 0.2) is 76.8 Å². The molecule has 53 heavy (non-hydrogen) atoms. The summed E-state index contributed by atoms with van der Waals surface area (Å²) in [6.07, 6.45) is 6.91. The molecule has 3 aromatic rings. The molecule has 2 amide bonds. The second kappa shape index (κ2) is 20.8. The minimum absolute atomic E-state index is 0.0339. The van der Waals surface area contributed by atoms with Crippen LogP contribution in [-0.2, 0) is 26.2 Å². The molecule has 0 radical (unpaired) electrons. The first kappa shape index (κ1) is 42.3. The Bertz CT molecular complexity index is 1760. The van der Waals surface area contributed by atoms with E-state index in [9.17, 15) is 24.3 Å². The highest BCUT2D eigenvalue weighted by Crippen LogP contribution is 2.29. The summed E-state index contributed by atoms with van der Waals surface area (Å²) in [6, 6.07) is 15.9. The summed E-state index contributed by atoms with van der Waals surface area (Å²) in [7, 11) is 0. The second-order valence-corrected chi connectivity index (χ2v) is 15.0. The van der Waals surface area contributed by atoms with E-state index in [1.807, 2.05) is 58.0 Å². The Kier molecular flexibility index (Phi) is 16.6. The molecule has 3 rings (SSSR count). The number of ether oxygens (including phenoxy) is 1. The number of hydrogen-bond acceptors (Lipinski definition) is 7. The van der Waals surface area contributed by atoms with Gasteiger partial charge >= 0.3 is 11.9 Å². The lowest BCUT2D eigenvalue weighted by Crippen LogP contribution is -2.52. The van der Waals surface area contributed by atoms with Crippen molar-refractivity contribution in [3.05, 3.63) is 93.3 Å². The lowest BCUT2D eigenvalue weighted by atomic mass is 9.95. The molecule has 2 aromatic carbocycles. The van der Waals surface area contributed by atoms with Crippen molar-refractivity contribution in [1.29, 1.82) is 0 Å². The molecule has 0 saturated heterocycles. The summed E-state index contributed by atoms with van der Waals surface area (Å²) < 4.78 is 5.88. The summed E-state index contributed by atoms with van der Waals surface area (Å²) in [6.45, 7) is 14.6. The van der Waals surface area contributed by atoms with Gasteiger partial charge in [-0.1, -0.05) is 89.8 Å². The van der Waals surface area contributed by atoms with E-state index in [0.717, 1.165) is 28.2 Å². The average molecular weight is 745 g/mol. The Morgan fingerprint density at radius 1 is 0.887 bits per heavy atom. The number of carboxylic acid groups (broad SMARTS) is 2. The summed E-state index contributed by atoms with van der Waals surface area (Å²) in [5.41, 5.74) is 3.08. The maximum atomic E-state index is 13.4. The van der Waals surface area contributed by atoms with Gasteiger partial charge < -0.3 is 25.6 Å². The predicted molar refractivity (Wildman–Crippen MR) is 211 cm³/mol. The van der Waals surface area contributed by atoms with Crippen LogP contribution in [0, 0.1) is 0 Å². The summed E-state index contributed by atoms with van der Waals surface area (Å²) in [5, 5.41) is 23.8. The molecule has 12 heteroatoms. The lowest BCUT2D eigenvalue weighted by Gasteiger charge is -2.21. The van der Waals surface area contributed by atoms with Crippen LogP contribution >= 0.6 is 11.3 Å². The van der Waals surface area contributed by atoms with Gasteiger partial charge in [0.25, 0.3) is 5.91 Å². The van der Waals surface area contributed by atoms with E-state index >= 15 is 0 Å². The maximum absolute atomic E-state index is 13.4. The van der Waals surface area contributed by atoms with Crippen molar-refractivity contribution in [1.82, 2.24) is 10.6 Å². The zero-order valence-electron chi connectivity index (χ0n) is 31.3. The predicted octanol–water partition coefficient (Wildman–Crippen LogP) is 7.68. The van der Waals surface area contributed by atoms with Crippen molar-refractivity contribution < 1.29 is 34.1 Å². The number of thiophene rings is 1. The largest absolute Gasteiger partial charge is 0.494 e. The molecule has 2 atom stereocenters. The number of hydrogen-bond donors (Lipinski definition) is 4. The minimum atomic E-state index is -1.44. The number of nitrogens with zero attached hydrogens (tertiary/aromatic N) is 2. The molecule has 1 heterocycles. The first-order chi connectivity index (χ1) is 25.2. The monoisotopic (exact) mass is 744 g/mol. The molecule has 0 aliphatic rings. The SMILES string of the molecule is C=NC(=N/C=C(\C)c1ccc(OCCCCCCC)cc1)c1ccc(C[C@H](NC(=O)c2ccc(C(C)(C)C)s2)C(=O)N[C@@H](CCC(=O)O)C(=O)O)cc1. The summed E-state index contributed by atoms with van der Waals surface area (Å²) >= 11 is 1.31. The van der Waals surface area contributed by atoms with E-state index in [2.05, 4.69) is 34.3 Å². The Morgan fingerprint density at radius 3 is 2.13 bits per heavy atom. The second-order valence-electron chi connectivity index (χ2n) is 13.9. The van der Waals surface area contributed by atoms with Gasteiger partial charge in [-0.25, -0.2) is 14.8 Å². The third-order valence-electron chi connectivity index (χ3n) is 8.46. The van der Waals surface area contributed by atoms with Crippen LogP contribution in [0.3, 0.4) is 0 Å². The minimum Gasteiger partial charge on any atom is -0.494 e. The molecule has 0 aliphatic carbocycles. The standard InChI is InChI=1S/C41H52N4O7S/c1-7-8-9-10-11-24-52-31-18-16-29(17-19-31)27(2)26-43-37(42-6)30-14-12-28(13-15-30)25-33(38(48)44-32(40(50)51)20-23-36(46)47)45-39(49)34-21-22-35(53-34)41(3,4)5/h12-19,21-22,26,32-33H,6-11,20,23-25H2,1-5H3,(H,44,48)(H,45,49)(H,46,47)(H,50,51)/b27-26+,43-37?/t32-,33-/m0/s1. The van der Waals surface area contributed by atoms with Gasteiger partial charge in [0.15, 0.2) is 5.84 Å². The van der Waals surface area contributed by atoms with Crippen molar-refractivity contribution in [2.45, 2.75) is 103 Å². The highest BCUT2D eigenvalue weighted by atomic mass is 32.1. The number of rotatable bonds is 20. The fourth-order valence-corrected chi connectivity index (χ4v) is 6.24. The first-order valence-electron chi connectivity index (χ1n) is 17.9. The molecule has 0 saturated carbocycles. The maximum Gasteiger partial charge on any atom is 0.326 e. The van der Waals surface area contributed by atoms with Gasteiger partial charge in [0, 0.05) is 29.5 Å². The van der Waals surface area contributed by atoms with Crippen molar-refractivity contribution in [2.24, 2.45) is 9.98 Å². The highest BCUT2D eigenvalue weighted by Gasteiger charge is 2.28. The summed E-state index contributed by atoms with van der Waals surface area (Å²) in [5.74, 6) is -2.57. The highest BCUT2D eigenvalue weighted by molar-refractivity contribution is 7.14. The Labute approximate surface area is 316 Å². The van der Waals surface area contributed by atoms with Crippen molar-refractivity contribution in [3.63, 3.8) is 0 Å². The number of unbranched alkanes of at least 4 members (excludes halogenated alkanes) is 4. The van der Waals surface area contributed by atoms with E-state index < -0.39 is 42.3 Å². The van der Waals surface area contributed by atoms with E-state index in [1.54, 1.807) is 36.5 Å². The number of aliphatic carboxylic acids is 2. The summed E-state index contributed by atoms with van der Waals surface area (Å²) in [4.78, 5) is 59.7. The number of amidine groups is 1. The molecule has 0 unspecified atom stereocenters. The van der Waals surface area contributed by atoms with Crippen LogP contribution in [0.2, 0.25) is 0 Å². The normalized spacial score (nSPS) is 13.2. The molecular weight excluding hydrogens is 693 g/mol. The molecule has 4 N–H and O–H groups in total. The van der Waals surface area contributed by atoms with Gasteiger partial charge in [0.2, 0.25) is 5.91 Å². The third-order valence-corrected chi connectivity index (χ3v) is 9.97. The molecule has 0 spiro atoms. The number of carboxylic acids is 2. The molecule has 0 fully saturated rings. The fourth-order valence-electron chi connectivity index (χ4n) is 5.27. The van der Waals surface area contributed by atoms with Gasteiger partial charge in [-0.05, 0) is 72.9 Å². The van der Waals surface area contributed by atoms with E-state index in [0.29, 0.717) is 28.4 Å². The van der Waals surface area contributed by atoms with Gasteiger partial charge in [-0.15, -0.1) is 11.3 Å². The molecule has 284 valence electrons. The third kappa shape index (κ3) is 14.1. The number of benzene rings is 2. The molecule has 0 bridgehead atoms. The van der Waals surface area contributed by atoms with Gasteiger partial charge in [0.1, 0.15) is 17.8 Å². The topological polar surface area (TPSA) is 167 Å². The first-order valence-corrected chi connectivity index (χ1v) is 18.7. The van der Waals surface area contributed by atoms with Crippen LogP contribution in [0.5, 0.6) is 5.75 Å². The number of nitrogens with one attached hydrogen (secondary N) is 2. The van der Waals surface area contributed by atoms with Crippen molar-refractivity contribution >= 4 is 53.2 Å². The number of carbonyl (C=O) groups excluding carboxylic acids is 2. The van der Waals surface area contributed by atoms with E-state index in [1.165, 1.54) is 37.0 Å². The number of amides is 2. The van der Waals surface area contributed by atoms with Gasteiger partial charge in [0.05, 0.1) is 11.5 Å². The average Bonchev–Trinajstić information content (AvgIpc) is 3.64. The van der Waals surface area contributed by atoms with Crippen LogP contribution in [-0.4, -0.2) is 65.2 Å². The van der Waals surface area contributed by atoms with Crippen LogP contribution in [0.4, 0.5) is 0 Å². The van der Waals surface area contributed by atoms with Crippen LogP contribution in [0.1, 0.15) is 111 Å². The molecule has 0 aliphatic heterocycles. The fraction of sp³-hybridized carbons (Fsp3) is 0.415. The molecule has 11 nitrogen and oxygen atoms in total. The van der Waals surface area contributed by atoms with Gasteiger partial charge in [-0.2, -0.15) is 0 Å². The molecule has 1 aromatic heterocycles. The van der Waals surface area contributed by atoms with Gasteiger partial charge in [-0.3, -0.25) is 14.4 Å². The molecular formula is C41H52N4O7S. The Hall–Kier alpha value is -5.10. The van der Waals surface area contributed by atoms with Crippen LogP contribution < -0.4 is 15.4 Å². The Morgan fingerprint density at radius 2 is 1.55 bits per heavy atom. The number of carbonyl (C=O) groups is 4. The van der Waals surface area contributed by atoms with Crippen LogP contribution in [0.25, 0.3) is 5.57 Å². The number of allylic oxidation sites excluding steroid dienone is 1. The smallest absolute Gasteiger partial charge is 0.326 e. The lowest BCUT2D eigenvalue weighted by molar-refractivity contribution is -0.143. The number of aliphatic imine (C=N–C) groups is 2. The van der Waals surface area contributed by atoms with Crippen molar-refractivity contribution in [3.8, 4) is 5.75 Å². The quantitative estimate of drug-likeness (QED) is 0.0523. The van der Waals surface area contributed by atoms with E-state index in [-0.39, 0.29) is 18.3 Å². The zero-order valence-corrected chi connectivity index (χ0v) is 32.1. The zero-order chi connectivity index (χ0) is 39.0. The van der Waals surface area contributed by atoms with Crippen molar-refractivity contribution in [2.75, 3.05) is 6.61 Å². The Balaban J connectivity index is 1.75. The van der Waals surface area contributed by atoms with E-state index in [4.69, 9.17) is 9.84 Å².